The molecule has 0 bridgehead atoms. The maximum atomic E-state index is 12.6. The van der Waals surface area contributed by atoms with Crippen molar-refractivity contribution < 1.29 is 9.53 Å². The van der Waals surface area contributed by atoms with Crippen molar-refractivity contribution in [2.45, 2.75) is 52.0 Å². The van der Waals surface area contributed by atoms with Crippen molar-refractivity contribution in [1.82, 2.24) is 4.90 Å². The number of methoxy groups -OCH3 is 1. The minimum absolute atomic E-state index is 0.202. The molecule has 1 amide bonds. The van der Waals surface area contributed by atoms with E-state index in [1.54, 1.807) is 7.11 Å². The van der Waals surface area contributed by atoms with E-state index in [2.05, 4.69) is 13.8 Å². The molecule has 1 aliphatic carbocycles. The number of hydrogen-bond acceptors (Lipinski definition) is 3. The van der Waals surface area contributed by atoms with Gasteiger partial charge in [-0.2, -0.15) is 0 Å². The van der Waals surface area contributed by atoms with Crippen LogP contribution in [-0.2, 0) is 9.53 Å². The van der Waals surface area contributed by atoms with Crippen LogP contribution in [0, 0.1) is 11.8 Å². The monoisotopic (exact) mass is 270 g/mol. The number of hydrogen-bond donors (Lipinski definition) is 1. The smallest absolute Gasteiger partial charge is 0.225 e. The van der Waals surface area contributed by atoms with Crippen molar-refractivity contribution in [1.29, 1.82) is 0 Å². The quantitative estimate of drug-likeness (QED) is 0.770. The summed E-state index contributed by atoms with van der Waals surface area (Å²) in [6.07, 6.45) is 5.20. The number of nitrogens with two attached hydrogens (primary N) is 1. The second kappa shape index (κ2) is 8.54. The predicted octanol–water partition coefficient (Wildman–Crippen LogP) is 2.02. The average Bonchev–Trinajstić information content (AvgIpc) is 2.47. The van der Waals surface area contributed by atoms with Crippen LogP contribution in [0.5, 0.6) is 0 Å². The molecule has 1 rings (SSSR count). The van der Waals surface area contributed by atoms with E-state index in [1.165, 1.54) is 0 Å². The van der Waals surface area contributed by atoms with E-state index in [1.807, 2.05) is 4.90 Å². The molecule has 1 aliphatic rings. The zero-order chi connectivity index (χ0) is 14.3. The highest BCUT2D eigenvalue weighted by Crippen LogP contribution is 2.30. The first-order chi connectivity index (χ1) is 9.13. The minimum Gasteiger partial charge on any atom is -0.383 e. The molecule has 4 nitrogen and oxygen atoms in total. The fourth-order valence-electron chi connectivity index (χ4n) is 2.84. The lowest BCUT2D eigenvalue weighted by Gasteiger charge is -2.34. The maximum absolute atomic E-state index is 12.6. The molecule has 0 aromatic rings. The van der Waals surface area contributed by atoms with Gasteiger partial charge >= 0.3 is 0 Å². The number of nitrogens with zero attached hydrogens (tertiary/aromatic N) is 1. The molecule has 1 atom stereocenters. The molecule has 0 heterocycles. The lowest BCUT2D eigenvalue weighted by molar-refractivity contribution is -0.139. The molecule has 1 unspecified atom stereocenters. The Labute approximate surface area is 117 Å². The van der Waals surface area contributed by atoms with E-state index in [0.717, 1.165) is 38.6 Å². The van der Waals surface area contributed by atoms with Crippen LogP contribution < -0.4 is 5.73 Å². The summed E-state index contributed by atoms with van der Waals surface area (Å²) >= 11 is 0. The van der Waals surface area contributed by atoms with E-state index >= 15 is 0 Å². The van der Waals surface area contributed by atoms with Gasteiger partial charge in [-0.3, -0.25) is 4.79 Å². The Bertz CT molecular complexity index is 263. The third-order valence-corrected chi connectivity index (χ3v) is 4.47. The van der Waals surface area contributed by atoms with Gasteiger partial charge in [-0.15, -0.1) is 0 Å². The average molecular weight is 270 g/mol. The summed E-state index contributed by atoms with van der Waals surface area (Å²) in [6.45, 7) is 6.34. The standard InChI is InChI=1S/C15H30N2O2/c1-4-12(2)17(9-10-19-3)15(18)14-7-5-13(11-16)6-8-14/h12-14H,4-11,16H2,1-3H3. The zero-order valence-electron chi connectivity index (χ0n) is 12.7. The lowest BCUT2D eigenvalue weighted by Crippen LogP contribution is -2.44. The summed E-state index contributed by atoms with van der Waals surface area (Å²) in [4.78, 5) is 14.6. The van der Waals surface area contributed by atoms with Crippen molar-refractivity contribution in [3.05, 3.63) is 0 Å². The summed E-state index contributed by atoms with van der Waals surface area (Å²) in [5.41, 5.74) is 5.71. The normalized spacial score (nSPS) is 25.1. The van der Waals surface area contributed by atoms with Crippen LogP contribution in [-0.4, -0.2) is 43.7 Å². The molecule has 0 radical (unpaired) electrons. The van der Waals surface area contributed by atoms with Gasteiger partial charge in [-0.25, -0.2) is 0 Å². The predicted molar refractivity (Wildman–Crippen MR) is 77.8 cm³/mol. The van der Waals surface area contributed by atoms with Crippen LogP contribution in [0.15, 0.2) is 0 Å². The zero-order valence-corrected chi connectivity index (χ0v) is 12.7. The van der Waals surface area contributed by atoms with E-state index in [9.17, 15) is 4.79 Å². The van der Waals surface area contributed by atoms with Crippen LogP contribution in [0.2, 0.25) is 0 Å². The van der Waals surface area contributed by atoms with Crippen molar-refractivity contribution in [2.75, 3.05) is 26.8 Å². The van der Waals surface area contributed by atoms with Crippen LogP contribution in [0.3, 0.4) is 0 Å². The fraction of sp³-hybridized carbons (Fsp3) is 0.933. The van der Waals surface area contributed by atoms with E-state index in [-0.39, 0.29) is 5.92 Å². The lowest BCUT2D eigenvalue weighted by atomic mass is 9.81. The molecule has 4 heteroatoms. The SMILES string of the molecule is CCC(C)N(CCOC)C(=O)C1CCC(CN)CC1. The highest BCUT2D eigenvalue weighted by atomic mass is 16.5. The highest BCUT2D eigenvalue weighted by molar-refractivity contribution is 5.79. The summed E-state index contributed by atoms with van der Waals surface area (Å²) in [7, 11) is 1.69. The minimum atomic E-state index is 0.202. The molecule has 1 fully saturated rings. The number of ether oxygens (including phenoxy) is 1. The third-order valence-electron chi connectivity index (χ3n) is 4.47. The van der Waals surface area contributed by atoms with Gasteiger partial charge < -0.3 is 15.4 Å². The second-order valence-corrected chi connectivity index (χ2v) is 5.74. The van der Waals surface area contributed by atoms with E-state index in [4.69, 9.17) is 10.5 Å². The number of carbonyl (C=O) groups excluding carboxylic acids is 1. The Morgan fingerprint density at radius 2 is 2.00 bits per heavy atom. The molecule has 0 aliphatic heterocycles. The molecule has 112 valence electrons. The molecular formula is C15H30N2O2. The fourth-order valence-corrected chi connectivity index (χ4v) is 2.84. The molecule has 0 saturated heterocycles. The Kier molecular flexibility index (Phi) is 7.39. The number of amides is 1. The topological polar surface area (TPSA) is 55.6 Å². The van der Waals surface area contributed by atoms with Crippen molar-refractivity contribution in [2.24, 2.45) is 17.6 Å². The number of carbonyl (C=O) groups is 1. The Hall–Kier alpha value is -0.610. The molecule has 0 aromatic carbocycles. The summed E-state index contributed by atoms with van der Waals surface area (Å²) in [5.74, 6) is 1.15. The molecule has 0 spiro atoms. The van der Waals surface area contributed by atoms with Crippen molar-refractivity contribution >= 4 is 5.91 Å². The van der Waals surface area contributed by atoms with Gasteiger partial charge in [0.1, 0.15) is 0 Å². The highest BCUT2D eigenvalue weighted by Gasteiger charge is 2.30. The first kappa shape index (κ1) is 16.4. The molecular weight excluding hydrogens is 240 g/mol. The Balaban J connectivity index is 2.55. The van der Waals surface area contributed by atoms with Crippen LogP contribution >= 0.6 is 0 Å². The van der Waals surface area contributed by atoms with Crippen LogP contribution in [0.4, 0.5) is 0 Å². The maximum Gasteiger partial charge on any atom is 0.225 e. The van der Waals surface area contributed by atoms with Crippen LogP contribution in [0.25, 0.3) is 0 Å². The summed E-state index contributed by atoms with van der Waals surface area (Å²) < 4.78 is 5.13. The molecule has 19 heavy (non-hydrogen) atoms. The van der Waals surface area contributed by atoms with Gasteiger partial charge in [0.2, 0.25) is 5.91 Å². The Morgan fingerprint density at radius 3 is 2.47 bits per heavy atom. The van der Waals surface area contributed by atoms with Gasteiger partial charge in [-0.05, 0) is 51.5 Å². The number of rotatable bonds is 7. The van der Waals surface area contributed by atoms with Gasteiger partial charge in [0, 0.05) is 25.6 Å². The van der Waals surface area contributed by atoms with Gasteiger partial charge in [0.05, 0.1) is 6.61 Å². The van der Waals surface area contributed by atoms with Gasteiger partial charge in [0.25, 0.3) is 0 Å². The summed E-state index contributed by atoms with van der Waals surface area (Å²) in [5, 5.41) is 0. The van der Waals surface area contributed by atoms with E-state index < -0.39 is 0 Å². The van der Waals surface area contributed by atoms with Gasteiger partial charge in [0.15, 0.2) is 0 Å². The third kappa shape index (κ3) is 4.77. The molecule has 2 N–H and O–H groups in total. The first-order valence-electron chi connectivity index (χ1n) is 7.63. The second-order valence-electron chi connectivity index (χ2n) is 5.74. The summed E-state index contributed by atoms with van der Waals surface area (Å²) in [6, 6.07) is 0.301. The van der Waals surface area contributed by atoms with Gasteiger partial charge in [-0.1, -0.05) is 6.92 Å². The van der Waals surface area contributed by atoms with Crippen molar-refractivity contribution in [3.63, 3.8) is 0 Å². The Morgan fingerprint density at radius 1 is 1.37 bits per heavy atom. The largest absolute Gasteiger partial charge is 0.383 e. The van der Waals surface area contributed by atoms with E-state index in [0.29, 0.717) is 31.0 Å². The first-order valence-corrected chi connectivity index (χ1v) is 7.63. The van der Waals surface area contributed by atoms with Crippen LogP contribution in [0.1, 0.15) is 46.0 Å². The molecule has 0 aromatic heterocycles. The molecule has 1 saturated carbocycles. The van der Waals surface area contributed by atoms with Crippen molar-refractivity contribution in [3.8, 4) is 0 Å².